The van der Waals surface area contributed by atoms with E-state index in [1.165, 1.54) is 24.3 Å². The molecule has 2 heterocycles. The second-order valence-corrected chi connectivity index (χ2v) is 9.66. The first-order chi connectivity index (χ1) is 17.5. The normalized spacial score (nSPS) is 17.2. The zero-order valence-electron chi connectivity index (χ0n) is 19.7. The van der Waals surface area contributed by atoms with Crippen LogP contribution in [0.1, 0.15) is 35.3 Å². The van der Waals surface area contributed by atoms with Crippen molar-refractivity contribution >= 4 is 40.1 Å². The fourth-order valence-electron chi connectivity index (χ4n) is 4.42. The molecule has 0 radical (unpaired) electrons. The SMILES string of the molecule is CC1=C(C(=O)Nc2ccccc2)C(c2cccc(NC(=O)c3ccc(F)cc3)c2)N2CCCSC2=N1. The van der Waals surface area contributed by atoms with Crippen LogP contribution in [0.3, 0.4) is 0 Å². The van der Waals surface area contributed by atoms with E-state index in [1.54, 1.807) is 17.8 Å². The van der Waals surface area contributed by atoms with Gasteiger partial charge in [-0.2, -0.15) is 0 Å². The van der Waals surface area contributed by atoms with E-state index in [2.05, 4.69) is 15.5 Å². The summed E-state index contributed by atoms with van der Waals surface area (Å²) in [7, 11) is 0. The summed E-state index contributed by atoms with van der Waals surface area (Å²) in [5.74, 6) is 0.0450. The van der Waals surface area contributed by atoms with Gasteiger partial charge in [-0.15, -0.1) is 0 Å². The predicted octanol–water partition coefficient (Wildman–Crippen LogP) is 5.84. The molecular formula is C28H25FN4O2S. The Kier molecular flexibility index (Phi) is 6.86. The lowest BCUT2D eigenvalue weighted by molar-refractivity contribution is -0.113. The number of nitrogens with zero attached hydrogens (tertiary/aromatic N) is 2. The molecule has 36 heavy (non-hydrogen) atoms. The number of carbonyl (C=O) groups excluding carboxylic acids is 2. The van der Waals surface area contributed by atoms with Gasteiger partial charge in [-0.05, 0) is 67.4 Å². The molecule has 0 spiro atoms. The number of fused-ring (bicyclic) bond motifs is 1. The Labute approximate surface area is 213 Å². The van der Waals surface area contributed by atoms with Gasteiger partial charge in [0.05, 0.1) is 17.3 Å². The molecule has 0 bridgehead atoms. The van der Waals surface area contributed by atoms with Crippen LogP contribution in [0.25, 0.3) is 0 Å². The number of anilines is 2. The van der Waals surface area contributed by atoms with E-state index in [1.807, 2.05) is 55.5 Å². The summed E-state index contributed by atoms with van der Waals surface area (Å²) in [6, 6.07) is 21.9. The molecule has 2 amide bonds. The third-order valence-corrected chi connectivity index (χ3v) is 7.18. The van der Waals surface area contributed by atoms with E-state index < -0.39 is 5.82 Å². The smallest absolute Gasteiger partial charge is 0.255 e. The van der Waals surface area contributed by atoms with Crippen LogP contribution in [0.2, 0.25) is 0 Å². The van der Waals surface area contributed by atoms with Crippen molar-refractivity contribution in [2.45, 2.75) is 19.4 Å². The largest absolute Gasteiger partial charge is 0.340 e. The van der Waals surface area contributed by atoms with Crippen LogP contribution in [-0.4, -0.2) is 34.2 Å². The highest BCUT2D eigenvalue weighted by Crippen LogP contribution is 2.40. The Morgan fingerprint density at radius 1 is 0.944 bits per heavy atom. The highest BCUT2D eigenvalue weighted by Gasteiger charge is 2.37. The van der Waals surface area contributed by atoms with Crippen molar-refractivity contribution in [3.05, 3.63) is 107 Å². The molecule has 2 aliphatic rings. The Balaban J connectivity index is 1.48. The van der Waals surface area contributed by atoms with Crippen LogP contribution in [0.5, 0.6) is 0 Å². The fraction of sp³-hybridized carbons (Fsp3) is 0.179. The van der Waals surface area contributed by atoms with Gasteiger partial charge in [-0.1, -0.05) is 42.1 Å². The molecule has 8 heteroatoms. The summed E-state index contributed by atoms with van der Waals surface area (Å²) in [6.07, 6.45) is 0.980. The van der Waals surface area contributed by atoms with Crippen LogP contribution in [-0.2, 0) is 4.79 Å². The molecule has 3 aromatic rings. The van der Waals surface area contributed by atoms with Gasteiger partial charge in [0.1, 0.15) is 5.82 Å². The molecule has 0 aromatic heterocycles. The maximum absolute atomic E-state index is 13.5. The lowest BCUT2D eigenvalue weighted by Crippen LogP contribution is -2.43. The summed E-state index contributed by atoms with van der Waals surface area (Å²) in [5.41, 5.74) is 3.79. The summed E-state index contributed by atoms with van der Waals surface area (Å²) in [5, 5.41) is 6.81. The zero-order chi connectivity index (χ0) is 25.1. The molecule has 2 N–H and O–H groups in total. The molecule has 182 valence electrons. The number of amidine groups is 1. The van der Waals surface area contributed by atoms with E-state index in [4.69, 9.17) is 4.99 Å². The number of para-hydroxylation sites is 1. The van der Waals surface area contributed by atoms with Gasteiger partial charge in [0.15, 0.2) is 5.17 Å². The number of hydrogen-bond acceptors (Lipinski definition) is 5. The molecule has 1 fully saturated rings. The van der Waals surface area contributed by atoms with Gasteiger partial charge in [-0.3, -0.25) is 9.59 Å². The molecule has 0 aliphatic carbocycles. The maximum atomic E-state index is 13.5. The molecular weight excluding hydrogens is 475 g/mol. The number of amides is 2. The average Bonchev–Trinajstić information content (AvgIpc) is 2.89. The molecule has 6 nitrogen and oxygen atoms in total. The number of allylic oxidation sites excluding steroid dienone is 1. The first kappa shape index (κ1) is 23.8. The molecule has 5 rings (SSSR count). The van der Waals surface area contributed by atoms with Gasteiger partial charge in [-0.25, -0.2) is 9.38 Å². The van der Waals surface area contributed by atoms with Crippen LogP contribution in [0, 0.1) is 5.82 Å². The van der Waals surface area contributed by atoms with Gasteiger partial charge in [0.2, 0.25) is 0 Å². The van der Waals surface area contributed by atoms with Crippen molar-refractivity contribution in [2.75, 3.05) is 22.9 Å². The highest BCUT2D eigenvalue weighted by atomic mass is 32.2. The lowest BCUT2D eigenvalue weighted by Gasteiger charge is -2.41. The standard InChI is InChI=1S/C28H25FN4O2S/c1-18-24(27(35)31-22-8-3-2-4-9-22)25(33-15-6-16-36-28(33)30-18)20-7-5-10-23(17-20)32-26(34)19-11-13-21(29)14-12-19/h2-5,7-14,17,25H,6,15-16H2,1H3,(H,31,35)(H,32,34). The Morgan fingerprint density at radius 2 is 1.67 bits per heavy atom. The van der Waals surface area contributed by atoms with Gasteiger partial charge >= 0.3 is 0 Å². The van der Waals surface area contributed by atoms with Crippen molar-refractivity contribution < 1.29 is 14.0 Å². The number of benzene rings is 3. The van der Waals surface area contributed by atoms with Crippen molar-refractivity contribution in [3.8, 4) is 0 Å². The van der Waals surface area contributed by atoms with Crippen molar-refractivity contribution in [3.63, 3.8) is 0 Å². The summed E-state index contributed by atoms with van der Waals surface area (Å²) in [4.78, 5) is 33.2. The highest BCUT2D eigenvalue weighted by molar-refractivity contribution is 8.13. The van der Waals surface area contributed by atoms with Crippen molar-refractivity contribution in [1.82, 2.24) is 4.90 Å². The van der Waals surface area contributed by atoms with E-state index in [9.17, 15) is 14.0 Å². The van der Waals surface area contributed by atoms with Crippen molar-refractivity contribution in [1.29, 1.82) is 0 Å². The number of carbonyl (C=O) groups is 2. The third-order valence-electron chi connectivity index (χ3n) is 6.10. The minimum Gasteiger partial charge on any atom is -0.340 e. The Hall–Kier alpha value is -3.91. The summed E-state index contributed by atoms with van der Waals surface area (Å²) >= 11 is 1.69. The van der Waals surface area contributed by atoms with E-state index in [0.29, 0.717) is 28.2 Å². The average molecular weight is 501 g/mol. The van der Waals surface area contributed by atoms with Crippen LogP contribution in [0.15, 0.2) is 95.1 Å². The zero-order valence-corrected chi connectivity index (χ0v) is 20.5. The van der Waals surface area contributed by atoms with Crippen LogP contribution in [0.4, 0.5) is 15.8 Å². The maximum Gasteiger partial charge on any atom is 0.255 e. The third kappa shape index (κ3) is 5.04. The van der Waals surface area contributed by atoms with Crippen molar-refractivity contribution in [2.24, 2.45) is 4.99 Å². The quantitative estimate of drug-likeness (QED) is 0.462. The summed E-state index contributed by atoms with van der Waals surface area (Å²) < 4.78 is 13.3. The molecule has 1 saturated heterocycles. The lowest BCUT2D eigenvalue weighted by atomic mass is 9.93. The van der Waals surface area contributed by atoms with E-state index in [0.717, 1.165) is 29.4 Å². The van der Waals surface area contributed by atoms with Gasteiger partial charge in [0, 0.05) is 29.2 Å². The molecule has 1 unspecified atom stereocenters. The molecule has 0 saturated carbocycles. The first-order valence-corrected chi connectivity index (χ1v) is 12.7. The minimum absolute atomic E-state index is 0.206. The van der Waals surface area contributed by atoms with Gasteiger partial charge in [0.25, 0.3) is 11.8 Å². The predicted molar refractivity (Wildman–Crippen MR) is 143 cm³/mol. The fourth-order valence-corrected chi connectivity index (χ4v) is 5.44. The first-order valence-electron chi connectivity index (χ1n) is 11.7. The number of nitrogens with one attached hydrogen (secondary N) is 2. The number of thioether (sulfide) groups is 1. The molecule has 1 atom stereocenters. The molecule has 2 aliphatic heterocycles. The van der Waals surface area contributed by atoms with E-state index >= 15 is 0 Å². The Morgan fingerprint density at radius 3 is 2.44 bits per heavy atom. The number of aliphatic imine (C=N–C) groups is 1. The van der Waals surface area contributed by atoms with Gasteiger partial charge < -0.3 is 15.5 Å². The molecule has 3 aromatic carbocycles. The number of rotatable bonds is 5. The van der Waals surface area contributed by atoms with Crippen LogP contribution >= 0.6 is 11.8 Å². The summed E-state index contributed by atoms with van der Waals surface area (Å²) in [6.45, 7) is 2.64. The number of halogens is 1. The monoisotopic (exact) mass is 500 g/mol. The minimum atomic E-state index is -0.397. The van der Waals surface area contributed by atoms with Crippen LogP contribution < -0.4 is 10.6 Å². The van der Waals surface area contributed by atoms with E-state index in [-0.39, 0.29) is 17.9 Å². The Bertz CT molecular complexity index is 1360. The number of hydrogen-bond donors (Lipinski definition) is 2. The second kappa shape index (κ2) is 10.4. The second-order valence-electron chi connectivity index (χ2n) is 8.60. The topological polar surface area (TPSA) is 73.8 Å².